The molecule has 1 aromatic rings. The summed E-state index contributed by atoms with van der Waals surface area (Å²) in [5.41, 5.74) is 0. The van der Waals surface area contributed by atoms with Gasteiger partial charge in [0.05, 0.1) is 0 Å². The first-order valence-electron chi connectivity index (χ1n) is 2.91. The van der Waals surface area contributed by atoms with E-state index in [1.807, 2.05) is 18.2 Å². The van der Waals surface area contributed by atoms with Gasteiger partial charge in [-0.3, -0.25) is 0 Å². The van der Waals surface area contributed by atoms with E-state index >= 15 is 0 Å². The van der Waals surface area contributed by atoms with Gasteiger partial charge in [0.25, 0.3) is 0 Å². The van der Waals surface area contributed by atoms with Gasteiger partial charge < -0.3 is 0 Å². The summed E-state index contributed by atoms with van der Waals surface area (Å²) in [7, 11) is 1.72. The van der Waals surface area contributed by atoms with Crippen LogP contribution in [0.5, 0.6) is 0 Å². The van der Waals surface area contributed by atoms with Gasteiger partial charge in [-0.05, 0) is 0 Å². The predicted octanol–water partition coefficient (Wildman–Crippen LogP) is 1.44. The van der Waals surface area contributed by atoms with Crippen molar-refractivity contribution in [2.24, 2.45) is 0 Å². The summed E-state index contributed by atoms with van der Waals surface area (Å²) in [5, 5.41) is 1.24. The molecule has 1 atom stereocenters. The average molecular weight is 218 g/mol. The van der Waals surface area contributed by atoms with Crippen molar-refractivity contribution in [3.63, 3.8) is 0 Å². The summed E-state index contributed by atoms with van der Waals surface area (Å²) in [5.74, 6) is 0. The van der Waals surface area contributed by atoms with Crippen molar-refractivity contribution >= 4 is 26.8 Å². The van der Waals surface area contributed by atoms with Crippen molar-refractivity contribution in [1.29, 1.82) is 0 Å². The van der Waals surface area contributed by atoms with Gasteiger partial charge in [-0.15, -0.1) is 0 Å². The van der Waals surface area contributed by atoms with Gasteiger partial charge >= 0.3 is 68.8 Å². The molecular formula is C7H8OPSe+. The van der Waals surface area contributed by atoms with Crippen LogP contribution in [0, 0.1) is 0 Å². The van der Waals surface area contributed by atoms with Crippen molar-refractivity contribution in [2.45, 2.75) is 0 Å². The number of rotatable bonds is 2. The fourth-order valence-electron chi connectivity index (χ4n) is 0.655. The molecule has 0 heterocycles. The molecule has 0 fully saturated rings. The molecule has 0 saturated carbocycles. The van der Waals surface area contributed by atoms with E-state index in [-0.39, 0.29) is 0 Å². The third-order valence-corrected chi connectivity index (χ3v) is 4.45. The van der Waals surface area contributed by atoms with Crippen LogP contribution in [0.4, 0.5) is 0 Å². The number of hydrogen-bond donors (Lipinski definition) is 0. The van der Waals surface area contributed by atoms with Gasteiger partial charge in [-0.1, -0.05) is 0 Å². The Bertz CT molecular complexity index is 222. The predicted molar refractivity (Wildman–Crippen MR) is 45.8 cm³/mol. The fraction of sp³-hybridized carbons (Fsp3) is 0.143. The Balaban J connectivity index is 2.85. The van der Waals surface area contributed by atoms with Crippen molar-refractivity contribution < 1.29 is 4.52 Å². The van der Waals surface area contributed by atoms with Crippen LogP contribution >= 0.6 is 6.39 Å². The Hall–Kier alpha value is -0.000519. The fourth-order valence-corrected chi connectivity index (χ4v) is 2.05. The van der Waals surface area contributed by atoms with Gasteiger partial charge in [-0.25, -0.2) is 0 Å². The molecule has 1 aromatic carbocycles. The van der Waals surface area contributed by atoms with E-state index in [9.17, 15) is 0 Å². The first-order valence-corrected chi connectivity index (χ1v) is 6.38. The molecular weight excluding hydrogens is 210 g/mol. The van der Waals surface area contributed by atoms with Crippen LogP contribution in [0.25, 0.3) is 0 Å². The molecule has 1 nitrogen and oxygen atoms in total. The van der Waals surface area contributed by atoms with E-state index < -0.39 is 6.39 Å². The van der Waals surface area contributed by atoms with E-state index in [1.165, 1.54) is 5.30 Å². The van der Waals surface area contributed by atoms with Crippen LogP contribution in [0.3, 0.4) is 0 Å². The van der Waals surface area contributed by atoms with Gasteiger partial charge in [0, 0.05) is 0 Å². The Morgan fingerprint density at radius 1 is 1.30 bits per heavy atom. The molecule has 3 heteroatoms. The van der Waals surface area contributed by atoms with Crippen molar-refractivity contribution in [3.05, 3.63) is 30.3 Å². The van der Waals surface area contributed by atoms with Crippen LogP contribution in [0.2, 0.25) is 0 Å². The Labute approximate surface area is 69.1 Å². The topological polar surface area (TPSA) is 9.23 Å². The van der Waals surface area contributed by atoms with Crippen LogP contribution in [0.1, 0.15) is 0 Å². The number of hydrogen-bond acceptors (Lipinski definition) is 1. The molecule has 1 rings (SSSR count). The zero-order valence-corrected chi connectivity index (χ0v) is 8.26. The second-order valence-electron chi connectivity index (χ2n) is 1.78. The molecule has 0 spiro atoms. The van der Waals surface area contributed by atoms with Crippen LogP contribution in [-0.4, -0.2) is 22.2 Å². The number of benzene rings is 1. The second kappa shape index (κ2) is 4.00. The van der Waals surface area contributed by atoms with Gasteiger partial charge in [0.1, 0.15) is 0 Å². The molecule has 0 aliphatic heterocycles. The van der Waals surface area contributed by atoms with E-state index in [0.717, 1.165) is 0 Å². The molecule has 0 radical (unpaired) electrons. The van der Waals surface area contributed by atoms with Crippen LogP contribution < -0.4 is 5.30 Å². The van der Waals surface area contributed by atoms with Crippen LogP contribution in [-0.2, 0) is 4.52 Å². The minimum absolute atomic E-state index is 0.498. The summed E-state index contributed by atoms with van der Waals surface area (Å²) in [6.45, 7) is 0. The molecule has 0 aromatic heterocycles. The van der Waals surface area contributed by atoms with Gasteiger partial charge in [0.15, 0.2) is 0 Å². The van der Waals surface area contributed by atoms with Crippen molar-refractivity contribution in [2.75, 3.05) is 7.11 Å². The quantitative estimate of drug-likeness (QED) is 0.539. The Morgan fingerprint density at radius 2 is 1.90 bits per heavy atom. The van der Waals surface area contributed by atoms with Gasteiger partial charge in [-0.2, -0.15) is 0 Å². The zero-order chi connectivity index (χ0) is 7.40. The molecule has 0 bridgehead atoms. The summed E-state index contributed by atoms with van der Waals surface area (Å²) in [6.07, 6.45) is -0.498. The van der Waals surface area contributed by atoms with E-state index in [0.29, 0.717) is 0 Å². The zero-order valence-electron chi connectivity index (χ0n) is 5.65. The van der Waals surface area contributed by atoms with E-state index in [2.05, 4.69) is 27.2 Å². The minimum atomic E-state index is -0.498. The molecule has 0 N–H and O–H groups in total. The van der Waals surface area contributed by atoms with Crippen LogP contribution in [0.15, 0.2) is 30.3 Å². The van der Waals surface area contributed by atoms with Crippen molar-refractivity contribution in [3.8, 4) is 0 Å². The molecule has 52 valence electrons. The standard InChI is InChI=1S/C7H8OPSe/c1-8-9(10)7-5-3-2-4-6-7/h2-6H,1H3/q+1. The van der Waals surface area contributed by atoms with Crippen molar-refractivity contribution in [1.82, 2.24) is 0 Å². The molecule has 0 saturated heterocycles. The molecule has 0 amide bonds. The first-order chi connectivity index (χ1) is 4.84. The van der Waals surface area contributed by atoms with E-state index in [1.54, 1.807) is 7.11 Å². The molecule has 0 aliphatic carbocycles. The monoisotopic (exact) mass is 219 g/mol. The molecule has 10 heavy (non-hydrogen) atoms. The average Bonchev–Trinajstić information content (AvgIpc) is 2.05. The maximum absolute atomic E-state index is 5.15. The molecule has 1 unspecified atom stereocenters. The third-order valence-electron chi connectivity index (χ3n) is 1.13. The van der Waals surface area contributed by atoms with Gasteiger partial charge in [0.2, 0.25) is 0 Å². The summed E-state index contributed by atoms with van der Waals surface area (Å²) in [6, 6.07) is 10.2. The second-order valence-corrected chi connectivity index (χ2v) is 5.26. The van der Waals surface area contributed by atoms with E-state index in [4.69, 9.17) is 4.52 Å². The Morgan fingerprint density at radius 3 is 2.40 bits per heavy atom. The summed E-state index contributed by atoms with van der Waals surface area (Å²) in [4.78, 5) is 0. The summed E-state index contributed by atoms with van der Waals surface area (Å²) >= 11 is 2.99. The summed E-state index contributed by atoms with van der Waals surface area (Å²) < 4.78 is 5.15. The maximum atomic E-state index is 5.15. The SMILES string of the molecule is CO[P+](=[Se])c1ccccc1. The Kier molecular flexibility index (Phi) is 3.24. The third kappa shape index (κ3) is 2.00. The first kappa shape index (κ1) is 8.10. The molecule has 0 aliphatic rings. The normalized spacial score (nSPS) is 11.1.